The van der Waals surface area contributed by atoms with Crippen LogP contribution in [0.15, 0.2) is 57.7 Å². The van der Waals surface area contributed by atoms with Crippen LogP contribution in [0, 0.1) is 0 Å². The van der Waals surface area contributed by atoms with Crippen LogP contribution in [0.25, 0.3) is 0 Å². The van der Waals surface area contributed by atoms with E-state index in [9.17, 15) is 22.0 Å². The zero-order valence-electron chi connectivity index (χ0n) is 21.8. The van der Waals surface area contributed by atoms with Crippen molar-refractivity contribution in [2.75, 3.05) is 59.0 Å². The molecule has 1 atom stereocenters. The van der Waals surface area contributed by atoms with Crippen molar-refractivity contribution in [1.82, 2.24) is 15.0 Å². The molecule has 13 nitrogen and oxygen atoms in total. The SMILES string of the molecule is CS(=O)NCCCOCCOCCOCCCNC(=O)c1ccc(N=NCc2ccccc2S(=O)(=O)O)nc1. The van der Waals surface area contributed by atoms with E-state index in [1.165, 1.54) is 30.5 Å². The van der Waals surface area contributed by atoms with Crippen molar-refractivity contribution < 1.29 is 36.2 Å². The fraction of sp³-hybridized carbons (Fsp3) is 0.500. The first-order valence-corrected chi connectivity index (χ1v) is 15.2. The minimum absolute atomic E-state index is 0.0641. The summed E-state index contributed by atoms with van der Waals surface area (Å²) in [5.41, 5.74) is 0.660. The largest absolute Gasteiger partial charge is 0.379 e. The third-order valence-corrected chi connectivity index (χ3v) is 6.51. The van der Waals surface area contributed by atoms with Gasteiger partial charge in [-0.25, -0.2) is 13.9 Å². The van der Waals surface area contributed by atoms with Gasteiger partial charge in [-0.2, -0.15) is 13.5 Å². The van der Waals surface area contributed by atoms with Crippen LogP contribution < -0.4 is 10.0 Å². The van der Waals surface area contributed by atoms with E-state index in [1.807, 2.05) is 0 Å². The summed E-state index contributed by atoms with van der Waals surface area (Å²) in [4.78, 5) is 16.1. The van der Waals surface area contributed by atoms with E-state index in [0.717, 1.165) is 6.42 Å². The van der Waals surface area contributed by atoms with Crippen LogP contribution in [-0.4, -0.2) is 87.1 Å². The second-order valence-corrected chi connectivity index (χ2v) is 10.6. The van der Waals surface area contributed by atoms with Crippen LogP contribution in [-0.2, 0) is 41.9 Å². The second-order valence-electron chi connectivity index (χ2n) is 8.04. The number of pyridine rings is 1. The van der Waals surface area contributed by atoms with Gasteiger partial charge in [0.2, 0.25) is 0 Å². The Balaban J connectivity index is 1.53. The molecule has 0 fully saturated rings. The minimum Gasteiger partial charge on any atom is -0.379 e. The maximum Gasteiger partial charge on any atom is 0.294 e. The number of nitrogens with zero attached hydrogens (tertiary/aromatic N) is 3. The van der Waals surface area contributed by atoms with Crippen LogP contribution in [0.3, 0.4) is 0 Å². The summed E-state index contributed by atoms with van der Waals surface area (Å²) in [7, 11) is -5.35. The van der Waals surface area contributed by atoms with E-state index >= 15 is 0 Å². The molecule has 0 bridgehead atoms. The number of nitrogens with one attached hydrogen (secondary N) is 2. The summed E-state index contributed by atoms with van der Waals surface area (Å²) in [6.45, 7) is 3.94. The molecule has 0 saturated carbocycles. The van der Waals surface area contributed by atoms with Crippen molar-refractivity contribution in [3.8, 4) is 0 Å². The average Bonchev–Trinajstić information content (AvgIpc) is 2.90. The number of carbonyl (C=O) groups is 1. The Kier molecular flexibility index (Phi) is 15.5. The molecule has 39 heavy (non-hydrogen) atoms. The molecule has 0 radical (unpaired) electrons. The molecular weight excluding hydrogens is 550 g/mol. The molecule has 0 saturated heterocycles. The molecule has 1 amide bonds. The standard InChI is InChI=1S/C24H35N5O8S2/c1-38(31)28-11-5-13-36-15-17-37-16-14-35-12-4-10-25-24(30)21-8-9-23(26-18-21)29-27-19-20-6-2-3-7-22(20)39(32,33)34/h2-3,6-9,18,28H,4-5,10-17,19H2,1H3,(H,25,30)(H,32,33,34). The summed E-state index contributed by atoms with van der Waals surface area (Å²) < 4.78 is 62.1. The molecule has 0 aliphatic rings. The van der Waals surface area contributed by atoms with Gasteiger partial charge in [-0.3, -0.25) is 9.35 Å². The van der Waals surface area contributed by atoms with Crippen LogP contribution in [0.2, 0.25) is 0 Å². The van der Waals surface area contributed by atoms with E-state index < -0.39 is 21.1 Å². The molecule has 216 valence electrons. The molecule has 1 heterocycles. The third-order valence-electron chi connectivity index (χ3n) is 4.94. The van der Waals surface area contributed by atoms with Crippen molar-refractivity contribution in [1.29, 1.82) is 0 Å². The number of rotatable bonds is 20. The molecule has 0 aliphatic heterocycles. The smallest absolute Gasteiger partial charge is 0.294 e. The number of benzene rings is 1. The Bertz CT molecular complexity index is 1160. The molecule has 1 aromatic carbocycles. The van der Waals surface area contributed by atoms with Crippen molar-refractivity contribution in [2.45, 2.75) is 24.3 Å². The van der Waals surface area contributed by atoms with Crippen molar-refractivity contribution in [3.05, 3.63) is 53.7 Å². The summed E-state index contributed by atoms with van der Waals surface area (Å²) in [6, 6.07) is 9.03. The maximum atomic E-state index is 12.3. The lowest BCUT2D eigenvalue weighted by Crippen LogP contribution is -2.25. The van der Waals surface area contributed by atoms with E-state index in [4.69, 9.17) is 14.2 Å². The lowest BCUT2D eigenvalue weighted by atomic mass is 10.2. The van der Waals surface area contributed by atoms with Gasteiger partial charge in [0, 0.05) is 38.8 Å². The monoisotopic (exact) mass is 585 g/mol. The first-order valence-electron chi connectivity index (χ1n) is 12.2. The van der Waals surface area contributed by atoms with Crippen LogP contribution in [0.1, 0.15) is 28.8 Å². The Labute approximate surface area is 231 Å². The molecule has 2 rings (SSSR count). The van der Waals surface area contributed by atoms with Crippen molar-refractivity contribution >= 4 is 32.8 Å². The predicted molar refractivity (Wildman–Crippen MR) is 145 cm³/mol. The Morgan fingerprint density at radius 1 is 0.974 bits per heavy atom. The average molecular weight is 586 g/mol. The topological polar surface area (TPSA) is 178 Å². The highest BCUT2D eigenvalue weighted by molar-refractivity contribution is 7.85. The molecule has 2 aromatic rings. The van der Waals surface area contributed by atoms with Crippen LogP contribution >= 0.6 is 0 Å². The summed E-state index contributed by atoms with van der Waals surface area (Å²) in [6.07, 6.45) is 4.38. The minimum atomic E-state index is -4.36. The lowest BCUT2D eigenvalue weighted by molar-refractivity contribution is 0.0140. The van der Waals surface area contributed by atoms with E-state index in [2.05, 4.69) is 25.3 Å². The van der Waals surface area contributed by atoms with Gasteiger partial charge in [0.05, 0.1) is 54.4 Å². The zero-order valence-corrected chi connectivity index (χ0v) is 23.4. The van der Waals surface area contributed by atoms with E-state index in [1.54, 1.807) is 18.4 Å². The van der Waals surface area contributed by atoms with Crippen molar-refractivity contribution in [3.63, 3.8) is 0 Å². The molecule has 1 unspecified atom stereocenters. The summed E-state index contributed by atoms with van der Waals surface area (Å²) in [5.74, 6) is -0.0312. The Morgan fingerprint density at radius 2 is 1.62 bits per heavy atom. The molecule has 3 N–H and O–H groups in total. The maximum absolute atomic E-state index is 12.3. The number of ether oxygens (including phenoxy) is 3. The molecule has 0 aliphatic carbocycles. The summed E-state index contributed by atoms with van der Waals surface area (Å²) in [5, 5.41) is 10.7. The normalized spacial score (nSPS) is 12.6. The van der Waals surface area contributed by atoms with Gasteiger partial charge in [-0.1, -0.05) is 18.2 Å². The highest BCUT2D eigenvalue weighted by Gasteiger charge is 2.14. The first-order chi connectivity index (χ1) is 18.8. The van der Waals surface area contributed by atoms with E-state index in [0.29, 0.717) is 70.3 Å². The zero-order chi connectivity index (χ0) is 28.3. The first kappa shape index (κ1) is 32.6. The molecular formula is C24H35N5O8S2. The predicted octanol–water partition coefficient (Wildman–Crippen LogP) is 2.06. The lowest BCUT2D eigenvalue weighted by Gasteiger charge is -2.08. The van der Waals surface area contributed by atoms with Gasteiger partial charge in [-0.05, 0) is 36.6 Å². The second kappa shape index (κ2) is 18.6. The van der Waals surface area contributed by atoms with Gasteiger partial charge in [-0.15, -0.1) is 5.11 Å². The van der Waals surface area contributed by atoms with E-state index in [-0.39, 0.29) is 23.2 Å². The number of amides is 1. The number of carbonyl (C=O) groups excluding carboxylic acids is 1. The Morgan fingerprint density at radius 3 is 2.23 bits per heavy atom. The number of hydrogen-bond acceptors (Lipinski definition) is 10. The van der Waals surface area contributed by atoms with Gasteiger partial charge in [0.1, 0.15) is 0 Å². The van der Waals surface area contributed by atoms with Crippen molar-refractivity contribution in [2.24, 2.45) is 10.2 Å². The molecule has 15 heteroatoms. The Hall–Kier alpha value is -2.66. The third kappa shape index (κ3) is 14.3. The fourth-order valence-corrected chi connectivity index (χ4v) is 4.21. The number of azo groups is 1. The molecule has 1 aromatic heterocycles. The van der Waals surface area contributed by atoms with Gasteiger partial charge < -0.3 is 19.5 Å². The number of hydrogen-bond donors (Lipinski definition) is 3. The van der Waals surface area contributed by atoms with Gasteiger partial charge in [0.15, 0.2) is 5.82 Å². The van der Waals surface area contributed by atoms with Crippen LogP contribution in [0.5, 0.6) is 0 Å². The highest BCUT2D eigenvalue weighted by Crippen LogP contribution is 2.17. The van der Waals surface area contributed by atoms with Gasteiger partial charge >= 0.3 is 0 Å². The summed E-state index contributed by atoms with van der Waals surface area (Å²) >= 11 is 0. The van der Waals surface area contributed by atoms with Gasteiger partial charge in [0.25, 0.3) is 16.0 Å². The number of aromatic nitrogens is 1. The quantitative estimate of drug-likeness (QED) is 0.119. The highest BCUT2D eigenvalue weighted by atomic mass is 32.2. The molecule has 0 spiro atoms. The van der Waals surface area contributed by atoms with Crippen LogP contribution in [0.4, 0.5) is 5.82 Å². The fourth-order valence-electron chi connectivity index (χ4n) is 3.06.